The number of carbonyl (C=O) groups is 1. The van der Waals surface area contributed by atoms with E-state index < -0.39 is 6.09 Å². The minimum Gasteiger partial charge on any atom is -0.488 e. The van der Waals surface area contributed by atoms with E-state index in [1.165, 1.54) is 4.90 Å². The van der Waals surface area contributed by atoms with Gasteiger partial charge in [-0.15, -0.1) is 11.6 Å². The number of rotatable bonds is 4. The van der Waals surface area contributed by atoms with E-state index in [2.05, 4.69) is 15.9 Å². The van der Waals surface area contributed by atoms with E-state index in [4.69, 9.17) is 16.3 Å². The molecule has 0 saturated heterocycles. The molecule has 3 aromatic rings. The first kappa shape index (κ1) is 18.1. The van der Waals surface area contributed by atoms with Crippen LogP contribution in [-0.4, -0.2) is 23.6 Å². The normalized spacial score (nSPS) is 15.8. The third-order valence-corrected chi connectivity index (χ3v) is 5.88. The molecule has 4 nitrogen and oxygen atoms in total. The monoisotopic (exact) mass is 445 g/mol. The fourth-order valence-electron chi connectivity index (χ4n) is 3.63. The summed E-state index contributed by atoms with van der Waals surface area (Å²) < 4.78 is 7.04. The summed E-state index contributed by atoms with van der Waals surface area (Å²) in [6, 6.07) is 17.6. The van der Waals surface area contributed by atoms with E-state index in [0.717, 1.165) is 26.4 Å². The lowest BCUT2D eigenvalue weighted by Gasteiger charge is -2.18. The SMILES string of the molecule is O=C(O)N1CC(CCl)c2c1cc(OCc1ccccc1)c1c(Br)cccc21. The Labute approximate surface area is 170 Å². The van der Waals surface area contributed by atoms with E-state index in [-0.39, 0.29) is 5.92 Å². The molecule has 0 radical (unpaired) electrons. The Hall–Kier alpha value is -2.24. The molecule has 0 spiro atoms. The molecule has 138 valence electrons. The highest BCUT2D eigenvalue weighted by atomic mass is 79.9. The van der Waals surface area contributed by atoms with Crippen LogP contribution in [0.2, 0.25) is 0 Å². The van der Waals surface area contributed by atoms with Gasteiger partial charge in [-0.2, -0.15) is 0 Å². The second-order valence-corrected chi connectivity index (χ2v) is 7.65. The van der Waals surface area contributed by atoms with Gasteiger partial charge in [0.1, 0.15) is 12.4 Å². The lowest BCUT2D eigenvalue weighted by Crippen LogP contribution is -2.28. The molecule has 1 aliphatic rings. The number of fused-ring (bicyclic) bond motifs is 3. The molecule has 1 amide bonds. The number of benzene rings is 3. The molecule has 0 saturated carbocycles. The van der Waals surface area contributed by atoms with Crippen LogP contribution in [0.4, 0.5) is 10.5 Å². The molecule has 1 unspecified atom stereocenters. The molecule has 1 N–H and O–H groups in total. The summed E-state index contributed by atoms with van der Waals surface area (Å²) in [5.41, 5.74) is 2.67. The number of anilines is 1. The van der Waals surface area contributed by atoms with Crippen molar-refractivity contribution >= 4 is 50.1 Å². The van der Waals surface area contributed by atoms with Gasteiger partial charge < -0.3 is 9.84 Å². The summed E-state index contributed by atoms with van der Waals surface area (Å²) in [5.74, 6) is 0.974. The van der Waals surface area contributed by atoms with Crippen molar-refractivity contribution in [2.24, 2.45) is 0 Å². The summed E-state index contributed by atoms with van der Waals surface area (Å²) in [6.07, 6.45) is -0.979. The molecular formula is C21H17BrClNO3. The molecule has 0 aromatic heterocycles. The Morgan fingerprint density at radius 3 is 2.70 bits per heavy atom. The van der Waals surface area contributed by atoms with Gasteiger partial charge >= 0.3 is 6.09 Å². The maximum atomic E-state index is 11.8. The van der Waals surface area contributed by atoms with Crippen molar-refractivity contribution in [1.82, 2.24) is 0 Å². The maximum Gasteiger partial charge on any atom is 0.411 e. The zero-order valence-electron chi connectivity index (χ0n) is 14.4. The Morgan fingerprint density at radius 1 is 1.22 bits per heavy atom. The van der Waals surface area contributed by atoms with Gasteiger partial charge in [-0.3, -0.25) is 4.90 Å². The molecule has 0 fully saturated rings. The average molecular weight is 447 g/mol. The minimum absolute atomic E-state index is 0.0438. The van der Waals surface area contributed by atoms with E-state index in [0.29, 0.717) is 30.5 Å². The molecule has 1 aliphatic heterocycles. The molecule has 3 aromatic carbocycles. The van der Waals surface area contributed by atoms with Gasteiger partial charge in [0, 0.05) is 34.3 Å². The predicted octanol–water partition coefficient (Wildman–Crippen LogP) is 6.00. The highest BCUT2D eigenvalue weighted by Crippen LogP contribution is 2.47. The Morgan fingerprint density at radius 2 is 2.00 bits per heavy atom. The zero-order valence-corrected chi connectivity index (χ0v) is 16.7. The highest BCUT2D eigenvalue weighted by Gasteiger charge is 2.34. The standard InChI is InChI=1S/C21H17BrClNO3/c22-16-8-4-7-15-19-14(10-23)11-24(21(25)26)17(19)9-18(20(15)16)27-12-13-5-2-1-3-6-13/h1-9,14H,10-12H2,(H,25,26). The summed E-state index contributed by atoms with van der Waals surface area (Å²) in [6.45, 7) is 0.764. The maximum absolute atomic E-state index is 11.8. The van der Waals surface area contributed by atoms with Crippen LogP contribution in [-0.2, 0) is 6.61 Å². The lowest BCUT2D eigenvalue weighted by atomic mass is 9.95. The van der Waals surface area contributed by atoms with Crippen LogP contribution in [0.15, 0.2) is 59.1 Å². The van der Waals surface area contributed by atoms with E-state index >= 15 is 0 Å². The number of hydrogen-bond acceptors (Lipinski definition) is 2. The van der Waals surface area contributed by atoms with E-state index in [1.54, 1.807) is 0 Å². The van der Waals surface area contributed by atoms with Crippen molar-refractivity contribution in [3.05, 3.63) is 70.2 Å². The zero-order chi connectivity index (χ0) is 19.0. The van der Waals surface area contributed by atoms with Crippen LogP contribution in [0.25, 0.3) is 10.8 Å². The minimum atomic E-state index is -0.979. The molecule has 1 atom stereocenters. The van der Waals surface area contributed by atoms with Gasteiger partial charge in [0.05, 0.1) is 5.69 Å². The van der Waals surface area contributed by atoms with Crippen molar-refractivity contribution < 1.29 is 14.6 Å². The molecule has 0 bridgehead atoms. The number of amides is 1. The smallest absolute Gasteiger partial charge is 0.411 e. The summed E-state index contributed by atoms with van der Waals surface area (Å²) >= 11 is 9.79. The van der Waals surface area contributed by atoms with Gasteiger partial charge in [0.25, 0.3) is 0 Å². The first-order valence-corrected chi connectivity index (χ1v) is 9.91. The molecular weight excluding hydrogens is 430 g/mol. The van der Waals surface area contributed by atoms with Crippen molar-refractivity contribution in [3.8, 4) is 5.75 Å². The van der Waals surface area contributed by atoms with Crippen LogP contribution >= 0.6 is 27.5 Å². The van der Waals surface area contributed by atoms with Gasteiger partial charge in [0.15, 0.2) is 0 Å². The molecule has 4 rings (SSSR count). The van der Waals surface area contributed by atoms with Crippen molar-refractivity contribution in [2.45, 2.75) is 12.5 Å². The van der Waals surface area contributed by atoms with Crippen LogP contribution in [0.5, 0.6) is 5.75 Å². The number of carboxylic acid groups (broad SMARTS) is 1. The van der Waals surface area contributed by atoms with Gasteiger partial charge in [-0.25, -0.2) is 4.79 Å². The van der Waals surface area contributed by atoms with E-state index in [1.807, 2.05) is 54.6 Å². The Balaban J connectivity index is 1.86. The Kier molecular flexibility index (Phi) is 4.98. The van der Waals surface area contributed by atoms with Crippen LogP contribution < -0.4 is 9.64 Å². The third kappa shape index (κ3) is 3.26. The van der Waals surface area contributed by atoms with E-state index in [9.17, 15) is 9.90 Å². The van der Waals surface area contributed by atoms with Gasteiger partial charge in [0.2, 0.25) is 0 Å². The van der Waals surface area contributed by atoms with Gasteiger partial charge in [-0.05, 0) is 22.6 Å². The van der Waals surface area contributed by atoms with Crippen LogP contribution in [0, 0.1) is 0 Å². The second kappa shape index (κ2) is 7.41. The Bertz CT molecular complexity index is 1010. The number of nitrogens with zero attached hydrogens (tertiary/aromatic N) is 1. The summed E-state index contributed by atoms with van der Waals surface area (Å²) in [5, 5.41) is 11.5. The highest BCUT2D eigenvalue weighted by molar-refractivity contribution is 9.10. The summed E-state index contributed by atoms with van der Waals surface area (Å²) in [4.78, 5) is 13.1. The van der Waals surface area contributed by atoms with Crippen molar-refractivity contribution in [3.63, 3.8) is 0 Å². The average Bonchev–Trinajstić information content (AvgIpc) is 3.06. The fourth-order valence-corrected chi connectivity index (χ4v) is 4.44. The second-order valence-electron chi connectivity index (χ2n) is 6.49. The van der Waals surface area contributed by atoms with Crippen LogP contribution in [0.3, 0.4) is 0 Å². The fraction of sp³-hybridized carbons (Fsp3) is 0.190. The largest absolute Gasteiger partial charge is 0.488 e. The van der Waals surface area contributed by atoms with Gasteiger partial charge in [-0.1, -0.05) is 58.4 Å². The molecule has 27 heavy (non-hydrogen) atoms. The molecule has 1 heterocycles. The lowest BCUT2D eigenvalue weighted by molar-refractivity contribution is 0.202. The third-order valence-electron chi connectivity index (χ3n) is 4.85. The topological polar surface area (TPSA) is 49.8 Å². The number of hydrogen-bond donors (Lipinski definition) is 1. The molecule has 0 aliphatic carbocycles. The first-order chi connectivity index (χ1) is 13.1. The predicted molar refractivity (Wildman–Crippen MR) is 111 cm³/mol. The number of ether oxygens (including phenoxy) is 1. The number of halogens is 2. The van der Waals surface area contributed by atoms with Crippen molar-refractivity contribution in [1.29, 1.82) is 0 Å². The molecule has 6 heteroatoms. The first-order valence-electron chi connectivity index (χ1n) is 8.58. The van der Waals surface area contributed by atoms with Crippen LogP contribution in [0.1, 0.15) is 17.0 Å². The van der Waals surface area contributed by atoms with Crippen molar-refractivity contribution in [2.75, 3.05) is 17.3 Å². The summed E-state index contributed by atoms with van der Waals surface area (Å²) in [7, 11) is 0. The quantitative estimate of drug-likeness (QED) is 0.500. The number of alkyl halides is 1.